The van der Waals surface area contributed by atoms with E-state index < -0.39 is 17.8 Å². The van der Waals surface area contributed by atoms with Gasteiger partial charge < -0.3 is 14.2 Å². The Morgan fingerprint density at radius 2 is 1.58 bits per heavy atom. The molecule has 0 amide bonds. The normalized spacial score (nSPS) is 14.6. The Balaban J connectivity index is 1.40. The van der Waals surface area contributed by atoms with Gasteiger partial charge in [0.1, 0.15) is 18.2 Å². The van der Waals surface area contributed by atoms with Crippen molar-refractivity contribution in [1.29, 1.82) is 0 Å². The van der Waals surface area contributed by atoms with Crippen molar-refractivity contribution in [3.63, 3.8) is 0 Å². The Hall–Kier alpha value is -4.83. The largest absolute Gasteiger partial charge is 0.489 e. The van der Waals surface area contributed by atoms with E-state index in [4.69, 9.17) is 14.2 Å². The van der Waals surface area contributed by atoms with Crippen LogP contribution in [0.25, 0.3) is 6.08 Å². The van der Waals surface area contributed by atoms with Crippen molar-refractivity contribution in [2.45, 2.75) is 33.4 Å². The van der Waals surface area contributed by atoms with E-state index in [1.165, 1.54) is 28.0 Å². The quantitative estimate of drug-likeness (QED) is 0.259. The molecule has 0 fully saturated rings. The molecule has 0 radical (unpaired) electrons. The highest BCUT2D eigenvalue weighted by Gasteiger charge is 2.33. The number of halogens is 1. The van der Waals surface area contributed by atoms with Crippen LogP contribution < -0.4 is 19.6 Å². The number of carbonyl (C=O) groups is 2. The van der Waals surface area contributed by atoms with Crippen molar-refractivity contribution in [3.05, 3.63) is 132 Å². The third-order valence-electron chi connectivity index (χ3n) is 6.75. The van der Waals surface area contributed by atoms with Gasteiger partial charge in [-0.3, -0.25) is 9.36 Å². The van der Waals surface area contributed by atoms with Crippen LogP contribution >= 0.6 is 11.3 Å². The van der Waals surface area contributed by atoms with Gasteiger partial charge in [-0.2, -0.15) is 0 Å². The van der Waals surface area contributed by atoms with Crippen LogP contribution in [0.3, 0.4) is 0 Å². The van der Waals surface area contributed by atoms with E-state index in [1.807, 2.05) is 24.3 Å². The summed E-state index contributed by atoms with van der Waals surface area (Å²) >= 11 is 1.21. The van der Waals surface area contributed by atoms with Gasteiger partial charge in [0.05, 0.1) is 40.6 Å². The molecule has 4 aromatic rings. The number of thiazole rings is 1. The summed E-state index contributed by atoms with van der Waals surface area (Å²) in [5.41, 5.74) is 3.09. The second-order valence-corrected chi connectivity index (χ2v) is 10.6. The van der Waals surface area contributed by atoms with Crippen molar-refractivity contribution in [1.82, 2.24) is 4.57 Å². The molecule has 0 bridgehead atoms. The number of benzene rings is 3. The lowest BCUT2D eigenvalue weighted by molar-refractivity contribution is -0.139. The maximum atomic E-state index is 13.7. The summed E-state index contributed by atoms with van der Waals surface area (Å²) < 4.78 is 31.8. The van der Waals surface area contributed by atoms with Gasteiger partial charge in [0.25, 0.3) is 5.56 Å². The molecule has 0 unspecified atom stereocenters. The van der Waals surface area contributed by atoms with Gasteiger partial charge in [-0.25, -0.2) is 19.0 Å². The van der Waals surface area contributed by atoms with Crippen molar-refractivity contribution >= 4 is 29.4 Å². The zero-order valence-electron chi connectivity index (χ0n) is 23.8. The molecule has 1 aliphatic heterocycles. The Bertz CT molecular complexity index is 1860. The molecule has 1 aromatic heterocycles. The Morgan fingerprint density at radius 3 is 2.23 bits per heavy atom. The number of allylic oxidation sites excluding steroid dienone is 1. The van der Waals surface area contributed by atoms with Crippen LogP contribution in [0.4, 0.5) is 4.39 Å². The highest BCUT2D eigenvalue weighted by Crippen LogP contribution is 2.30. The third-order valence-corrected chi connectivity index (χ3v) is 7.73. The molecule has 0 aliphatic carbocycles. The maximum Gasteiger partial charge on any atom is 0.338 e. The highest BCUT2D eigenvalue weighted by molar-refractivity contribution is 7.07. The van der Waals surface area contributed by atoms with E-state index in [0.717, 1.165) is 11.1 Å². The zero-order valence-corrected chi connectivity index (χ0v) is 24.7. The van der Waals surface area contributed by atoms with Crippen molar-refractivity contribution in [3.8, 4) is 5.75 Å². The number of esters is 2. The van der Waals surface area contributed by atoms with E-state index in [0.29, 0.717) is 45.1 Å². The fourth-order valence-electron chi connectivity index (χ4n) is 4.68. The van der Waals surface area contributed by atoms with Gasteiger partial charge in [-0.1, -0.05) is 47.7 Å². The predicted octanol–water partition coefficient (Wildman–Crippen LogP) is 4.69. The highest BCUT2D eigenvalue weighted by atomic mass is 32.1. The maximum absolute atomic E-state index is 13.7. The molecule has 0 spiro atoms. The zero-order chi connectivity index (χ0) is 30.5. The number of hydrogen-bond acceptors (Lipinski definition) is 8. The summed E-state index contributed by atoms with van der Waals surface area (Å²) in [6.07, 6.45) is 1.76. The SMILES string of the molecule is CCOC(=O)C1=C(C)N=c2s/c(=C\c3ccc(OCc4ccc(C(=O)OCC)cc4)cc3)c(=O)n2[C@@H]1c1ccc(F)cc1. The molecule has 2 heterocycles. The van der Waals surface area contributed by atoms with Crippen LogP contribution in [0.1, 0.15) is 53.9 Å². The summed E-state index contributed by atoms with van der Waals surface area (Å²) in [6, 6.07) is 19.2. The Morgan fingerprint density at radius 1 is 0.930 bits per heavy atom. The van der Waals surface area contributed by atoms with Crippen LogP contribution in [0.15, 0.2) is 93.9 Å². The topological polar surface area (TPSA) is 96.2 Å². The lowest BCUT2D eigenvalue weighted by Crippen LogP contribution is -2.39. The average molecular weight is 601 g/mol. The standard InChI is InChI=1S/C33H29FN2O6S/c1-4-40-31(38)24-10-6-22(7-11-24)19-42-26-16-8-21(9-17-26)18-27-30(37)36-29(23-12-14-25(34)15-13-23)28(32(39)41-5-2)20(3)35-33(36)43-27/h6-18,29H,4-5,19H2,1-3H3/b27-18-/t29-/m1/s1. The van der Waals surface area contributed by atoms with Gasteiger partial charge in [0, 0.05) is 0 Å². The van der Waals surface area contributed by atoms with E-state index >= 15 is 0 Å². The summed E-state index contributed by atoms with van der Waals surface area (Å²) in [6.45, 7) is 5.96. The number of carbonyl (C=O) groups excluding carboxylic acids is 2. The van der Waals surface area contributed by atoms with E-state index in [1.54, 1.807) is 63.2 Å². The molecule has 0 saturated heterocycles. The minimum atomic E-state index is -0.805. The lowest BCUT2D eigenvalue weighted by Gasteiger charge is -2.24. The number of fused-ring (bicyclic) bond motifs is 1. The molecule has 0 N–H and O–H groups in total. The lowest BCUT2D eigenvalue weighted by atomic mass is 9.96. The fraction of sp³-hybridized carbons (Fsp3) is 0.212. The van der Waals surface area contributed by atoms with Crippen molar-refractivity contribution < 1.29 is 28.2 Å². The van der Waals surface area contributed by atoms with Gasteiger partial charge >= 0.3 is 11.9 Å². The van der Waals surface area contributed by atoms with Gasteiger partial charge in [0.2, 0.25) is 0 Å². The minimum Gasteiger partial charge on any atom is -0.489 e. The van der Waals surface area contributed by atoms with Crippen LogP contribution in [-0.2, 0) is 20.9 Å². The average Bonchev–Trinajstić information content (AvgIpc) is 3.30. The smallest absolute Gasteiger partial charge is 0.338 e. The first-order valence-corrected chi connectivity index (χ1v) is 14.5. The summed E-state index contributed by atoms with van der Waals surface area (Å²) in [5.74, 6) is -0.718. The van der Waals surface area contributed by atoms with Crippen LogP contribution in [0, 0.1) is 5.82 Å². The Kier molecular flexibility index (Phi) is 8.96. The van der Waals surface area contributed by atoms with E-state index in [-0.39, 0.29) is 23.7 Å². The molecule has 8 nitrogen and oxygen atoms in total. The number of ether oxygens (including phenoxy) is 3. The molecule has 10 heteroatoms. The molecule has 1 atom stereocenters. The Labute approximate surface area is 251 Å². The van der Waals surface area contributed by atoms with E-state index in [2.05, 4.69) is 4.99 Å². The van der Waals surface area contributed by atoms with Crippen LogP contribution in [0.2, 0.25) is 0 Å². The summed E-state index contributed by atoms with van der Waals surface area (Å²) in [4.78, 5) is 43.5. The minimum absolute atomic E-state index is 0.164. The first-order valence-electron chi connectivity index (χ1n) is 13.7. The monoisotopic (exact) mass is 600 g/mol. The number of hydrogen-bond donors (Lipinski definition) is 0. The molecule has 5 rings (SSSR count). The van der Waals surface area contributed by atoms with Crippen LogP contribution in [0.5, 0.6) is 5.75 Å². The van der Waals surface area contributed by atoms with Gasteiger partial charge in [-0.15, -0.1) is 0 Å². The fourth-order valence-corrected chi connectivity index (χ4v) is 5.73. The van der Waals surface area contributed by atoms with E-state index in [9.17, 15) is 18.8 Å². The molecule has 1 aliphatic rings. The third kappa shape index (κ3) is 6.49. The van der Waals surface area contributed by atoms with Crippen molar-refractivity contribution in [2.75, 3.05) is 13.2 Å². The molecule has 3 aromatic carbocycles. The second kappa shape index (κ2) is 13.0. The predicted molar refractivity (Wildman–Crippen MR) is 160 cm³/mol. The van der Waals surface area contributed by atoms with Gasteiger partial charge in [-0.05, 0) is 79.9 Å². The first-order chi connectivity index (χ1) is 20.8. The molecule has 0 saturated carbocycles. The van der Waals surface area contributed by atoms with Gasteiger partial charge in [0.15, 0.2) is 4.80 Å². The van der Waals surface area contributed by atoms with Crippen molar-refractivity contribution in [2.24, 2.45) is 4.99 Å². The molecule has 220 valence electrons. The summed E-state index contributed by atoms with van der Waals surface area (Å²) in [5, 5.41) is 0. The molecule has 43 heavy (non-hydrogen) atoms. The summed E-state index contributed by atoms with van der Waals surface area (Å²) in [7, 11) is 0. The molecular formula is C33H29FN2O6S. The first kappa shape index (κ1) is 29.7. The number of rotatable bonds is 9. The number of aromatic nitrogens is 1. The van der Waals surface area contributed by atoms with Crippen LogP contribution in [-0.4, -0.2) is 29.7 Å². The molecular weight excluding hydrogens is 571 g/mol. The number of nitrogens with zero attached hydrogens (tertiary/aromatic N) is 2. The second-order valence-electron chi connectivity index (χ2n) is 9.63.